The molecule has 2 rings (SSSR count). The van der Waals surface area contributed by atoms with Crippen molar-refractivity contribution in [2.24, 2.45) is 0 Å². The summed E-state index contributed by atoms with van der Waals surface area (Å²) in [5.41, 5.74) is 0.897. The fourth-order valence-electron chi connectivity index (χ4n) is 2.60. The second-order valence-electron chi connectivity index (χ2n) is 7.13. The Bertz CT molecular complexity index is 868. The van der Waals surface area contributed by atoms with Gasteiger partial charge in [0.05, 0.1) is 30.3 Å². The molecule has 0 bridgehead atoms. The van der Waals surface area contributed by atoms with Gasteiger partial charge in [0, 0.05) is 6.07 Å². The number of rotatable bonds is 10. The zero-order valence-corrected chi connectivity index (χ0v) is 19.0. The lowest BCUT2D eigenvalue weighted by molar-refractivity contribution is -0.119. The van der Waals surface area contributed by atoms with Gasteiger partial charge in [0.15, 0.2) is 17.3 Å². The van der Waals surface area contributed by atoms with Crippen molar-refractivity contribution < 1.29 is 23.6 Å². The van der Waals surface area contributed by atoms with E-state index in [1.54, 1.807) is 27.0 Å². The minimum absolute atomic E-state index is 0.0337. The highest BCUT2D eigenvalue weighted by Gasteiger charge is 2.18. The Morgan fingerprint density at radius 2 is 1.90 bits per heavy atom. The highest BCUT2D eigenvalue weighted by Crippen LogP contribution is 2.31. The van der Waals surface area contributed by atoms with Crippen molar-refractivity contribution >= 4 is 29.4 Å². The molecule has 0 saturated heterocycles. The molecule has 0 saturated carbocycles. The van der Waals surface area contributed by atoms with Gasteiger partial charge < -0.3 is 24.6 Å². The van der Waals surface area contributed by atoms with Gasteiger partial charge in [0.1, 0.15) is 5.76 Å². The third-order valence-electron chi connectivity index (χ3n) is 4.14. The van der Waals surface area contributed by atoms with Crippen LogP contribution in [0.1, 0.15) is 45.1 Å². The summed E-state index contributed by atoms with van der Waals surface area (Å²) in [6, 6.07) is 7.00. The first kappa shape index (κ1) is 23.6. The van der Waals surface area contributed by atoms with Crippen molar-refractivity contribution in [3.05, 3.63) is 35.6 Å². The third kappa shape index (κ3) is 6.98. The SMILES string of the molecule is COc1cc(C(C)NC(=O)CSC(C)C(=O)Nc2cc(C)on2)ccc1OC(C)C. The van der Waals surface area contributed by atoms with Crippen LogP contribution < -0.4 is 20.1 Å². The molecule has 1 heterocycles. The lowest BCUT2D eigenvalue weighted by Crippen LogP contribution is -2.30. The number of aryl methyl sites for hydroxylation is 1. The van der Waals surface area contributed by atoms with Crippen molar-refractivity contribution in [2.75, 3.05) is 18.2 Å². The van der Waals surface area contributed by atoms with Gasteiger partial charge in [-0.15, -0.1) is 11.8 Å². The van der Waals surface area contributed by atoms with Crippen LogP contribution in [0.15, 0.2) is 28.8 Å². The van der Waals surface area contributed by atoms with E-state index in [1.165, 1.54) is 11.8 Å². The molecule has 1 aromatic carbocycles. The van der Waals surface area contributed by atoms with E-state index in [9.17, 15) is 9.59 Å². The summed E-state index contributed by atoms with van der Waals surface area (Å²) in [6.07, 6.45) is 0.0337. The van der Waals surface area contributed by atoms with E-state index < -0.39 is 5.25 Å². The van der Waals surface area contributed by atoms with E-state index in [4.69, 9.17) is 14.0 Å². The van der Waals surface area contributed by atoms with Crippen LogP contribution in [0.25, 0.3) is 0 Å². The number of thioether (sulfide) groups is 1. The Labute approximate surface area is 181 Å². The highest BCUT2D eigenvalue weighted by molar-refractivity contribution is 8.01. The van der Waals surface area contributed by atoms with Crippen LogP contribution in [0.3, 0.4) is 0 Å². The molecule has 0 aliphatic rings. The summed E-state index contributed by atoms with van der Waals surface area (Å²) in [5, 5.41) is 8.91. The number of carbonyl (C=O) groups excluding carboxylic acids is 2. The van der Waals surface area contributed by atoms with Crippen LogP contribution in [0.4, 0.5) is 5.82 Å². The first-order chi connectivity index (χ1) is 14.2. The molecule has 0 fully saturated rings. The fraction of sp³-hybridized carbons (Fsp3) is 0.476. The van der Waals surface area contributed by atoms with E-state index in [1.807, 2.05) is 39.0 Å². The third-order valence-corrected chi connectivity index (χ3v) is 5.28. The monoisotopic (exact) mass is 435 g/mol. The molecule has 0 aliphatic carbocycles. The predicted molar refractivity (Wildman–Crippen MR) is 117 cm³/mol. The lowest BCUT2D eigenvalue weighted by Gasteiger charge is -2.18. The number of anilines is 1. The van der Waals surface area contributed by atoms with Crippen LogP contribution in [-0.2, 0) is 9.59 Å². The van der Waals surface area contributed by atoms with Gasteiger partial charge in [-0.1, -0.05) is 11.2 Å². The number of methoxy groups -OCH3 is 1. The number of benzene rings is 1. The Morgan fingerprint density at radius 1 is 1.17 bits per heavy atom. The largest absolute Gasteiger partial charge is 0.493 e. The Morgan fingerprint density at radius 3 is 2.50 bits per heavy atom. The second-order valence-corrected chi connectivity index (χ2v) is 8.46. The highest BCUT2D eigenvalue weighted by atomic mass is 32.2. The van der Waals surface area contributed by atoms with E-state index in [0.717, 1.165) is 5.56 Å². The molecule has 1 aromatic heterocycles. The molecule has 164 valence electrons. The molecule has 0 radical (unpaired) electrons. The minimum atomic E-state index is -0.421. The van der Waals surface area contributed by atoms with Gasteiger partial charge in [0.25, 0.3) is 0 Å². The number of hydrogen-bond donors (Lipinski definition) is 2. The average molecular weight is 436 g/mol. The van der Waals surface area contributed by atoms with Crippen molar-refractivity contribution in [3.8, 4) is 11.5 Å². The summed E-state index contributed by atoms with van der Waals surface area (Å²) >= 11 is 1.25. The van der Waals surface area contributed by atoms with Crippen LogP contribution in [0.5, 0.6) is 11.5 Å². The summed E-state index contributed by atoms with van der Waals surface area (Å²) in [4.78, 5) is 24.5. The summed E-state index contributed by atoms with van der Waals surface area (Å²) < 4.78 is 16.0. The molecule has 2 aromatic rings. The van der Waals surface area contributed by atoms with Gasteiger partial charge in [-0.05, 0) is 52.3 Å². The van der Waals surface area contributed by atoms with Crippen LogP contribution in [-0.4, -0.2) is 41.2 Å². The van der Waals surface area contributed by atoms with E-state index in [0.29, 0.717) is 23.1 Å². The maximum absolute atomic E-state index is 12.3. The minimum Gasteiger partial charge on any atom is -0.493 e. The zero-order valence-electron chi connectivity index (χ0n) is 18.1. The van der Waals surface area contributed by atoms with Crippen molar-refractivity contribution in [2.45, 2.75) is 52.0 Å². The number of nitrogens with zero attached hydrogens (tertiary/aromatic N) is 1. The van der Waals surface area contributed by atoms with Crippen LogP contribution in [0.2, 0.25) is 0 Å². The van der Waals surface area contributed by atoms with Gasteiger partial charge in [-0.3, -0.25) is 9.59 Å². The molecule has 9 heteroatoms. The number of amides is 2. The van der Waals surface area contributed by atoms with Crippen LogP contribution >= 0.6 is 11.8 Å². The van der Waals surface area contributed by atoms with E-state index >= 15 is 0 Å². The van der Waals surface area contributed by atoms with E-state index in [2.05, 4.69) is 15.8 Å². The summed E-state index contributed by atoms with van der Waals surface area (Å²) in [7, 11) is 1.58. The fourth-order valence-corrected chi connectivity index (χ4v) is 3.30. The Hall–Kier alpha value is -2.68. The molecule has 2 atom stereocenters. The van der Waals surface area contributed by atoms with Crippen molar-refractivity contribution in [1.82, 2.24) is 10.5 Å². The zero-order chi connectivity index (χ0) is 22.3. The van der Waals surface area contributed by atoms with E-state index in [-0.39, 0.29) is 29.7 Å². The van der Waals surface area contributed by atoms with Crippen LogP contribution in [0, 0.1) is 6.92 Å². The van der Waals surface area contributed by atoms with Crippen molar-refractivity contribution in [3.63, 3.8) is 0 Å². The maximum atomic E-state index is 12.3. The summed E-state index contributed by atoms with van der Waals surface area (Å²) in [6.45, 7) is 9.27. The molecule has 2 amide bonds. The molecule has 0 aliphatic heterocycles. The topological polar surface area (TPSA) is 103 Å². The quantitative estimate of drug-likeness (QED) is 0.586. The van der Waals surface area contributed by atoms with Gasteiger partial charge in [-0.25, -0.2) is 0 Å². The predicted octanol–water partition coefficient (Wildman–Crippen LogP) is 3.72. The standard InChI is InChI=1S/C21H29N3O5S/c1-12(2)28-17-8-7-16(10-18(17)27-6)14(4)22-20(25)11-30-15(5)21(26)23-19-9-13(3)29-24-19/h7-10,12,14-15H,11H2,1-6H3,(H,22,25)(H,23,24,26). The number of ether oxygens (including phenoxy) is 2. The van der Waals surface area contributed by atoms with Gasteiger partial charge >= 0.3 is 0 Å². The normalized spacial score (nSPS) is 12.9. The Kier molecular flexibility index (Phi) is 8.58. The lowest BCUT2D eigenvalue weighted by atomic mass is 10.1. The average Bonchev–Trinajstić information content (AvgIpc) is 3.10. The van der Waals surface area contributed by atoms with Crippen molar-refractivity contribution in [1.29, 1.82) is 0 Å². The number of carbonyl (C=O) groups is 2. The maximum Gasteiger partial charge on any atom is 0.238 e. The molecular weight excluding hydrogens is 406 g/mol. The van der Waals surface area contributed by atoms with Gasteiger partial charge in [0.2, 0.25) is 11.8 Å². The molecule has 0 spiro atoms. The molecular formula is C21H29N3O5S. The molecule has 30 heavy (non-hydrogen) atoms. The molecule has 2 unspecified atom stereocenters. The first-order valence-electron chi connectivity index (χ1n) is 9.69. The second kappa shape index (κ2) is 10.9. The number of nitrogens with one attached hydrogen (secondary N) is 2. The van der Waals surface area contributed by atoms with Gasteiger partial charge in [-0.2, -0.15) is 0 Å². The first-order valence-corrected chi connectivity index (χ1v) is 10.7. The number of aromatic nitrogens is 1. The summed E-state index contributed by atoms with van der Waals surface area (Å²) in [5.74, 6) is 2.01. The molecule has 8 nitrogen and oxygen atoms in total. The Balaban J connectivity index is 1.85. The molecule has 2 N–H and O–H groups in total. The number of hydrogen-bond acceptors (Lipinski definition) is 7. The smallest absolute Gasteiger partial charge is 0.238 e.